The molecule has 0 radical (unpaired) electrons. The topological polar surface area (TPSA) is 112 Å². The first-order valence-corrected chi connectivity index (χ1v) is 8.34. The van der Waals surface area contributed by atoms with Crippen LogP contribution in [-0.4, -0.2) is 58.9 Å². The molecule has 0 saturated heterocycles. The minimum atomic E-state index is -0.206. The highest BCUT2D eigenvalue weighted by Gasteiger charge is 2.07. The quantitative estimate of drug-likeness (QED) is 0.549. The molecule has 0 aliphatic rings. The molecule has 2 heterocycles. The number of likely N-dealkylation sites (N-methyl/N-ethyl adjacent to an activating group) is 1. The number of amides is 2. The molecule has 0 fully saturated rings. The first-order valence-electron chi connectivity index (χ1n) is 8.34. The lowest BCUT2D eigenvalue weighted by atomic mass is 10.3. The van der Waals surface area contributed by atoms with Crippen molar-refractivity contribution in [3.05, 3.63) is 36.4 Å². The Balaban J connectivity index is 1.85. The third-order valence-corrected chi connectivity index (χ3v) is 3.51. The van der Waals surface area contributed by atoms with Crippen LogP contribution in [0.5, 0.6) is 0 Å². The predicted octanol–water partition coefficient (Wildman–Crippen LogP) is 1.26. The van der Waals surface area contributed by atoms with Crippen LogP contribution in [0.4, 0.5) is 17.3 Å². The molecule has 2 amide bonds. The van der Waals surface area contributed by atoms with E-state index >= 15 is 0 Å². The van der Waals surface area contributed by atoms with E-state index in [9.17, 15) is 9.59 Å². The van der Waals surface area contributed by atoms with Crippen LogP contribution in [0.15, 0.2) is 30.7 Å². The van der Waals surface area contributed by atoms with Gasteiger partial charge in [0.05, 0.1) is 30.0 Å². The van der Waals surface area contributed by atoms with Gasteiger partial charge in [-0.2, -0.15) is 0 Å². The molecule has 0 aliphatic carbocycles. The van der Waals surface area contributed by atoms with Gasteiger partial charge in [-0.05, 0) is 32.1 Å². The number of hydrogen-bond acceptors (Lipinski definition) is 7. The average Bonchev–Trinajstić information content (AvgIpc) is 2.64. The van der Waals surface area contributed by atoms with E-state index < -0.39 is 0 Å². The van der Waals surface area contributed by atoms with Crippen molar-refractivity contribution in [2.45, 2.75) is 13.3 Å². The fourth-order valence-electron chi connectivity index (χ4n) is 2.21. The summed E-state index contributed by atoms with van der Waals surface area (Å²) < 4.78 is 0. The van der Waals surface area contributed by atoms with Crippen LogP contribution in [0.3, 0.4) is 0 Å². The van der Waals surface area contributed by atoms with Crippen molar-refractivity contribution in [3.8, 4) is 0 Å². The Bertz CT molecular complexity index is 704. The van der Waals surface area contributed by atoms with Gasteiger partial charge in [-0.3, -0.25) is 9.59 Å². The zero-order chi connectivity index (χ0) is 18.8. The normalized spacial score (nSPS) is 10.4. The molecule has 9 heteroatoms. The van der Waals surface area contributed by atoms with Crippen LogP contribution in [0.2, 0.25) is 0 Å². The Morgan fingerprint density at radius 2 is 1.85 bits per heavy atom. The Labute approximate surface area is 152 Å². The van der Waals surface area contributed by atoms with Gasteiger partial charge in [-0.25, -0.2) is 15.0 Å². The fraction of sp³-hybridized carbons (Fsp3) is 0.353. The molecule has 138 valence electrons. The van der Waals surface area contributed by atoms with Gasteiger partial charge in [0.25, 0.3) is 5.91 Å². The van der Waals surface area contributed by atoms with Crippen molar-refractivity contribution in [1.82, 2.24) is 25.2 Å². The number of nitrogens with zero attached hydrogens (tertiary/aromatic N) is 4. The number of carbonyl (C=O) groups excluding carboxylic acids is 2. The molecule has 9 nitrogen and oxygen atoms in total. The summed E-state index contributed by atoms with van der Waals surface area (Å²) in [6.07, 6.45) is 6.14. The van der Waals surface area contributed by atoms with Crippen LogP contribution in [0.25, 0.3) is 0 Å². The van der Waals surface area contributed by atoms with E-state index in [4.69, 9.17) is 0 Å². The van der Waals surface area contributed by atoms with E-state index in [1.807, 2.05) is 7.05 Å². The zero-order valence-corrected chi connectivity index (χ0v) is 14.9. The summed E-state index contributed by atoms with van der Waals surface area (Å²) in [7, 11) is 2.03. The molecular weight excluding hydrogens is 334 g/mol. The Hall–Kier alpha value is -3.07. The summed E-state index contributed by atoms with van der Waals surface area (Å²) in [5, 5.41) is 8.28. The molecule has 0 aromatic carbocycles. The van der Waals surface area contributed by atoms with E-state index in [0.29, 0.717) is 36.0 Å². The minimum absolute atomic E-state index is 0.206. The van der Waals surface area contributed by atoms with E-state index in [1.54, 1.807) is 18.3 Å². The summed E-state index contributed by atoms with van der Waals surface area (Å²) in [5.74, 6) is 0.154. The van der Waals surface area contributed by atoms with Crippen LogP contribution in [0.1, 0.15) is 23.8 Å². The highest BCUT2D eigenvalue weighted by Crippen LogP contribution is 2.12. The largest absolute Gasteiger partial charge is 0.349 e. The number of anilines is 3. The van der Waals surface area contributed by atoms with Gasteiger partial charge >= 0.3 is 0 Å². The summed E-state index contributed by atoms with van der Waals surface area (Å²) in [4.78, 5) is 36.9. The van der Waals surface area contributed by atoms with Crippen molar-refractivity contribution in [2.75, 3.05) is 37.3 Å². The lowest BCUT2D eigenvalue weighted by Gasteiger charge is -2.15. The molecular formula is C17H23N7O2. The van der Waals surface area contributed by atoms with Gasteiger partial charge in [0.15, 0.2) is 0 Å². The highest BCUT2D eigenvalue weighted by atomic mass is 16.2. The van der Waals surface area contributed by atoms with Gasteiger partial charge in [0.1, 0.15) is 5.69 Å². The zero-order valence-electron chi connectivity index (χ0n) is 14.9. The molecule has 0 spiro atoms. The van der Waals surface area contributed by atoms with Gasteiger partial charge < -0.3 is 20.9 Å². The highest BCUT2D eigenvalue weighted by molar-refractivity contribution is 5.92. The van der Waals surface area contributed by atoms with Crippen molar-refractivity contribution in [2.24, 2.45) is 0 Å². The summed E-state index contributed by atoms with van der Waals surface area (Å²) in [5.41, 5.74) is 1.50. The van der Waals surface area contributed by atoms with Crippen molar-refractivity contribution in [1.29, 1.82) is 0 Å². The smallest absolute Gasteiger partial charge is 0.269 e. The van der Waals surface area contributed by atoms with Crippen molar-refractivity contribution in [3.63, 3.8) is 0 Å². The van der Waals surface area contributed by atoms with E-state index in [2.05, 4.69) is 42.7 Å². The SMILES string of the molecule is CCCN(C)CCNC(=O)c1ccc(Nc2ncc(NC=O)cn2)cn1. The number of pyridine rings is 1. The molecule has 26 heavy (non-hydrogen) atoms. The lowest BCUT2D eigenvalue weighted by Crippen LogP contribution is -2.33. The first-order chi connectivity index (χ1) is 12.6. The van der Waals surface area contributed by atoms with Crippen LogP contribution in [0, 0.1) is 0 Å². The van der Waals surface area contributed by atoms with Crippen LogP contribution >= 0.6 is 0 Å². The molecule has 2 aromatic heterocycles. The van der Waals surface area contributed by atoms with E-state index in [0.717, 1.165) is 19.5 Å². The second kappa shape index (κ2) is 10.0. The second-order valence-corrected chi connectivity index (χ2v) is 5.67. The molecule has 0 saturated carbocycles. The molecule has 3 N–H and O–H groups in total. The van der Waals surface area contributed by atoms with Crippen molar-refractivity contribution >= 4 is 29.6 Å². The van der Waals surface area contributed by atoms with E-state index in [-0.39, 0.29) is 5.91 Å². The van der Waals surface area contributed by atoms with Gasteiger partial charge in [0.2, 0.25) is 12.4 Å². The number of carbonyl (C=O) groups is 2. The summed E-state index contributed by atoms with van der Waals surface area (Å²) in [6.45, 7) is 4.50. The fourth-order valence-corrected chi connectivity index (χ4v) is 2.21. The number of rotatable bonds is 10. The average molecular weight is 357 g/mol. The third-order valence-electron chi connectivity index (χ3n) is 3.51. The minimum Gasteiger partial charge on any atom is -0.349 e. The maximum absolute atomic E-state index is 12.1. The maximum atomic E-state index is 12.1. The predicted molar refractivity (Wildman–Crippen MR) is 99.4 cm³/mol. The monoisotopic (exact) mass is 357 g/mol. The molecule has 0 atom stereocenters. The molecule has 0 aliphatic heterocycles. The lowest BCUT2D eigenvalue weighted by molar-refractivity contribution is -0.105. The Morgan fingerprint density at radius 3 is 2.46 bits per heavy atom. The van der Waals surface area contributed by atoms with Crippen LogP contribution in [-0.2, 0) is 4.79 Å². The summed E-state index contributed by atoms with van der Waals surface area (Å²) in [6, 6.07) is 3.36. The Kier molecular flexibility index (Phi) is 7.44. The maximum Gasteiger partial charge on any atom is 0.269 e. The molecule has 0 bridgehead atoms. The molecule has 0 unspecified atom stereocenters. The van der Waals surface area contributed by atoms with Gasteiger partial charge in [-0.15, -0.1) is 0 Å². The van der Waals surface area contributed by atoms with Gasteiger partial charge in [0, 0.05) is 13.1 Å². The van der Waals surface area contributed by atoms with Crippen molar-refractivity contribution < 1.29 is 9.59 Å². The van der Waals surface area contributed by atoms with Gasteiger partial charge in [-0.1, -0.05) is 6.92 Å². The summed E-state index contributed by atoms with van der Waals surface area (Å²) >= 11 is 0. The number of aromatic nitrogens is 3. The number of hydrogen-bond donors (Lipinski definition) is 3. The molecule has 2 aromatic rings. The Morgan fingerprint density at radius 1 is 1.12 bits per heavy atom. The standard InChI is InChI=1S/C17H23N7O2/c1-3-7-24(2)8-6-18-16(26)15-5-4-13(9-19-15)23-17-20-10-14(11-21-17)22-12-25/h4-5,9-12H,3,6-8H2,1-2H3,(H,18,26)(H,22,25)(H,20,21,23). The second-order valence-electron chi connectivity index (χ2n) is 5.67. The van der Waals surface area contributed by atoms with Crippen LogP contribution < -0.4 is 16.0 Å². The third kappa shape index (κ3) is 6.10. The van der Waals surface area contributed by atoms with E-state index in [1.165, 1.54) is 12.4 Å². The molecule has 2 rings (SSSR count). The number of nitrogens with one attached hydrogen (secondary N) is 3. The first kappa shape index (κ1) is 19.3.